The fraction of sp³-hybridized carbons (Fsp3) is 0.588. The molecule has 0 N–H and O–H groups in total. The number of esters is 1. The van der Waals surface area contributed by atoms with E-state index in [1.165, 1.54) is 12.8 Å². The molecule has 22 heavy (non-hydrogen) atoms. The van der Waals surface area contributed by atoms with Gasteiger partial charge >= 0.3 is 5.97 Å². The number of benzene rings is 1. The van der Waals surface area contributed by atoms with E-state index in [-0.39, 0.29) is 30.4 Å². The van der Waals surface area contributed by atoms with Gasteiger partial charge in [-0.15, -0.1) is 12.4 Å². The lowest BCUT2D eigenvalue weighted by molar-refractivity contribution is -0.154. The fourth-order valence-electron chi connectivity index (χ4n) is 4.06. The average Bonchev–Trinajstić information content (AvgIpc) is 2.98. The van der Waals surface area contributed by atoms with Gasteiger partial charge in [-0.2, -0.15) is 0 Å². The molecule has 0 aliphatic carbocycles. The van der Waals surface area contributed by atoms with E-state index in [1.54, 1.807) is 0 Å². The molecule has 1 aromatic rings. The molecule has 120 valence electrons. The highest BCUT2D eigenvalue weighted by atomic mass is 35.5. The number of para-hydroxylation sites is 1. The van der Waals surface area contributed by atoms with Gasteiger partial charge in [0, 0.05) is 17.6 Å². The first-order valence-electron chi connectivity index (χ1n) is 7.86. The Labute approximate surface area is 137 Å². The zero-order chi connectivity index (χ0) is 14.4. The number of hydrogen-bond acceptors (Lipinski definition) is 4. The molecule has 2 fully saturated rings. The van der Waals surface area contributed by atoms with Crippen LogP contribution >= 0.6 is 12.4 Å². The van der Waals surface area contributed by atoms with Gasteiger partial charge < -0.3 is 14.4 Å². The summed E-state index contributed by atoms with van der Waals surface area (Å²) in [5.74, 6) is 0.454. The van der Waals surface area contributed by atoms with Gasteiger partial charge in [0.1, 0.15) is 24.4 Å². The lowest BCUT2D eigenvalue weighted by Crippen LogP contribution is -2.43. The maximum absolute atomic E-state index is 12.5. The van der Waals surface area contributed by atoms with Gasteiger partial charge in [-0.25, -0.2) is 0 Å². The van der Waals surface area contributed by atoms with Gasteiger partial charge in [0.25, 0.3) is 0 Å². The molecule has 2 bridgehead atoms. The number of nitrogens with zero attached hydrogens (tertiary/aromatic N) is 1. The van der Waals surface area contributed by atoms with Gasteiger partial charge in [-0.05, 0) is 38.8 Å². The quantitative estimate of drug-likeness (QED) is 0.785. The summed E-state index contributed by atoms with van der Waals surface area (Å²) in [6.07, 6.45) is 4.52. The van der Waals surface area contributed by atoms with E-state index in [1.807, 2.05) is 24.3 Å². The van der Waals surface area contributed by atoms with Crippen molar-refractivity contribution in [1.29, 1.82) is 0 Å². The topological polar surface area (TPSA) is 38.8 Å². The Hall–Kier alpha value is -1.26. The zero-order valence-corrected chi connectivity index (χ0v) is 13.6. The maximum Gasteiger partial charge on any atom is 0.317 e. The molecule has 3 heterocycles. The summed E-state index contributed by atoms with van der Waals surface area (Å²) in [4.78, 5) is 14.9. The first-order valence-corrected chi connectivity index (χ1v) is 7.86. The third-order valence-electron chi connectivity index (χ3n) is 5.32. The molecular weight excluding hydrogens is 302 g/mol. The van der Waals surface area contributed by atoms with E-state index in [2.05, 4.69) is 11.9 Å². The van der Waals surface area contributed by atoms with Crippen molar-refractivity contribution >= 4 is 18.4 Å². The van der Waals surface area contributed by atoms with E-state index in [9.17, 15) is 4.79 Å². The van der Waals surface area contributed by atoms with Crippen LogP contribution in [0.3, 0.4) is 0 Å². The van der Waals surface area contributed by atoms with Crippen LogP contribution in [0.4, 0.5) is 0 Å². The minimum atomic E-state index is -0.251. The second kappa shape index (κ2) is 6.09. The summed E-state index contributed by atoms with van der Waals surface area (Å²) in [7, 11) is 2.20. The van der Waals surface area contributed by atoms with Crippen molar-refractivity contribution in [3.63, 3.8) is 0 Å². The molecule has 0 spiro atoms. The lowest BCUT2D eigenvalue weighted by atomic mass is 9.99. The number of hydrogen-bond donors (Lipinski definition) is 0. The number of rotatable bonds is 2. The van der Waals surface area contributed by atoms with E-state index in [0.29, 0.717) is 18.7 Å². The molecule has 5 heteroatoms. The standard InChI is InChI=1S/C17H21NO3.ClH/c1-18-11-6-7-12(18)9-13(8-11)21-17(19)15-10-20-16-5-3-2-4-14(15)16;/h2-5,11-13,15H,6-10H2,1H3;1H. The second-order valence-corrected chi connectivity index (χ2v) is 6.48. The highest BCUT2D eigenvalue weighted by molar-refractivity contribution is 5.85. The molecule has 3 unspecified atom stereocenters. The minimum absolute atomic E-state index is 0. The van der Waals surface area contributed by atoms with Gasteiger partial charge in [0.05, 0.1) is 0 Å². The van der Waals surface area contributed by atoms with E-state index in [4.69, 9.17) is 9.47 Å². The zero-order valence-electron chi connectivity index (χ0n) is 12.7. The Bertz CT molecular complexity index is 551. The van der Waals surface area contributed by atoms with E-state index in [0.717, 1.165) is 24.2 Å². The first-order chi connectivity index (χ1) is 10.2. The third-order valence-corrected chi connectivity index (χ3v) is 5.32. The summed E-state index contributed by atoms with van der Waals surface area (Å²) in [5, 5.41) is 0. The Balaban J connectivity index is 0.00000144. The van der Waals surface area contributed by atoms with Crippen molar-refractivity contribution in [1.82, 2.24) is 4.90 Å². The fourth-order valence-corrected chi connectivity index (χ4v) is 4.06. The van der Waals surface area contributed by atoms with Crippen LogP contribution in [0, 0.1) is 0 Å². The van der Waals surface area contributed by atoms with Crippen molar-refractivity contribution in [3.05, 3.63) is 29.8 Å². The summed E-state index contributed by atoms with van der Waals surface area (Å²) < 4.78 is 11.4. The number of halogens is 1. The Morgan fingerprint density at radius 2 is 1.91 bits per heavy atom. The number of carbonyl (C=O) groups is 1. The second-order valence-electron chi connectivity index (χ2n) is 6.48. The summed E-state index contributed by atoms with van der Waals surface area (Å²) in [6, 6.07) is 8.94. The van der Waals surface area contributed by atoms with Gasteiger partial charge in [0.15, 0.2) is 0 Å². The molecule has 3 atom stereocenters. The molecule has 0 saturated carbocycles. The number of piperidine rings is 1. The van der Waals surface area contributed by atoms with Crippen LogP contribution in [0.5, 0.6) is 5.75 Å². The molecule has 1 aromatic carbocycles. The van der Waals surface area contributed by atoms with Crippen LogP contribution in [-0.2, 0) is 9.53 Å². The van der Waals surface area contributed by atoms with Gasteiger partial charge in [-0.3, -0.25) is 4.79 Å². The Morgan fingerprint density at radius 3 is 2.64 bits per heavy atom. The van der Waals surface area contributed by atoms with Crippen LogP contribution in [0.15, 0.2) is 24.3 Å². The molecule has 0 amide bonds. The number of ether oxygens (including phenoxy) is 2. The van der Waals surface area contributed by atoms with Crippen LogP contribution in [0.25, 0.3) is 0 Å². The third kappa shape index (κ3) is 2.59. The average molecular weight is 324 g/mol. The van der Waals surface area contributed by atoms with E-state index < -0.39 is 0 Å². The van der Waals surface area contributed by atoms with Crippen LogP contribution in [-0.4, -0.2) is 42.7 Å². The largest absolute Gasteiger partial charge is 0.492 e. The summed E-state index contributed by atoms with van der Waals surface area (Å²) >= 11 is 0. The minimum Gasteiger partial charge on any atom is -0.492 e. The normalized spacial score (nSPS) is 32.8. The summed E-state index contributed by atoms with van der Waals surface area (Å²) in [5.41, 5.74) is 0.971. The number of carbonyl (C=O) groups excluding carboxylic acids is 1. The molecule has 3 aliphatic heterocycles. The van der Waals surface area contributed by atoms with Gasteiger partial charge in [-0.1, -0.05) is 18.2 Å². The predicted molar refractivity (Wildman–Crippen MR) is 85.6 cm³/mol. The van der Waals surface area contributed by atoms with Crippen LogP contribution in [0.1, 0.15) is 37.2 Å². The molecule has 2 saturated heterocycles. The maximum atomic E-state index is 12.5. The smallest absolute Gasteiger partial charge is 0.317 e. The predicted octanol–water partition coefficient (Wildman–Crippen LogP) is 2.75. The Morgan fingerprint density at radius 1 is 1.23 bits per heavy atom. The first kappa shape index (κ1) is 15.6. The molecular formula is C17H22ClNO3. The monoisotopic (exact) mass is 323 g/mol. The summed E-state index contributed by atoms with van der Waals surface area (Å²) in [6.45, 7) is 0.414. The van der Waals surface area contributed by atoms with Crippen LogP contribution in [0.2, 0.25) is 0 Å². The molecule has 0 aromatic heterocycles. The highest BCUT2D eigenvalue weighted by Crippen LogP contribution is 2.38. The van der Waals surface area contributed by atoms with E-state index >= 15 is 0 Å². The van der Waals surface area contributed by atoms with Gasteiger partial charge in [0.2, 0.25) is 0 Å². The number of fused-ring (bicyclic) bond motifs is 3. The van der Waals surface area contributed by atoms with Crippen LogP contribution < -0.4 is 4.74 Å². The Kier molecular flexibility index (Phi) is 4.33. The highest BCUT2D eigenvalue weighted by Gasteiger charge is 2.41. The lowest BCUT2D eigenvalue weighted by Gasteiger charge is -2.36. The van der Waals surface area contributed by atoms with Crippen molar-refractivity contribution < 1.29 is 14.3 Å². The molecule has 4 nitrogen and oxygen atoms in total. The van der Waals surface area contributed by atoms with Crippen molar-refractivity contribution in [2.75, 3.05) is 13.7 Å². The molecule has 3 aliphatic rings. The van der Waals surface area contributed by atoms with Crippen molar-refractivity contribution in [2.24, 2.45) is 0 Å². The molecule has 4 rings (SSSR count). The van der Waals surface area contributed by atoms with Crippen molar-refractivity contribution in [3.8, 4) is 5.75 Å². The van der Waals surface area contributed by atoms with Crippen molar-refractivity contribution in [2.45, 2.75) is 49.8 Å². The molecule has 0 radical (unpaired) electrons. The SMILES string of the molecule is CN1C2CCC1CC(OC(=O)C1COc3ccccc31)C2.Cl.